The van der Waals surface area contributed by atoms with Crippen LogP contribution in [0.15, 0.2) is 47.4 Å². The van der Waals surface area contributed by atoms with Gasteiger partial charge in [-0.25, -0.2) is 13.2 Å². The molecule has 154 valence electrons. The fraction of sp³-hybridized carbons (Fsp3) is 0.300. The molecule has 1 aliphatic rings. The Morgan fingerprint density at radius 3 is 2.24 bits per heavy atom. The Morgan fingerprint density at radius 1 is 0.966 bits per heavy atom. The second-order valence-corrected chi connectivity index (χ2v) is 8.12. The minimum Gasteiger partial charge on any atom is -0.454 e. The van der Waals surface area contributed by atoms with Crippen LogP contribution >= 0.6 is 0 Å². The van der Waals surface area contributed by atoms with Crippen LogP contribution in [0.4, 0.5) is 0 Å². The molecule has 9 heteroatoms. The average molecular weight is 419 g/mol. The van der Waals surface area contributed by atoms with Crippen LogP contribution in [0.25, 0.3) is 0 Å². The van der Waals surface area contributed by atoms with E-state index in [1.165, 1.54) is 34.6 Å². The predicted octanol–water partition coefficient (Wildman–Crippen LogP) is 2.49. The van der Waals surface area contributed by atoms with Crippen molar-refractivity contribution in [3.05, 3.63) is 53.6 Å². The van der Waals surface area contributed by atoms with Gasteiger partial charge in [0.2, 0.25) is 16.8 Å². The molecule has 0 unspecified atom stereocenters. The van der Waals surface area contributed by atoms with E-state index in [9.17, 15) is 18.0 Å². The number of benzene rings is 2. The zero-order chi connectivity index (χ0) is 21.0. The van der Waals surface area contributed by atoms with Crippen molar-refractivity contribution in [2.45, 2.75) is 18.7 Å². The molecule has 0 saturated heterocycles. The summed E-state index contributed by atoms with van der Waals surface area (Å²) < 4.78 is 41.7. The monoisotopic (exact) mass is 419 g/mol. The molecular formula is C20H21NO7S. The van der Waals surface area contributed by atoms with Crippen molar-refractivity contribution in [1.29, 1.82) is 0 Å². The Morgan fingerprint density at radius 2 is 1.59 bits per heavy atom. The van der Waals surface area contributed by atoms with Gasteiger partial charge in [-0.15, -0.1) is 0 Å². The highest BCUT2D eigenvalue weighted by molar-refractivity contribution is 7.89. The molecule has 0 amide bonds. The van der Waals surface area contributed by atoms with E-state index in [1.807, 2.05) is 0 Å². The zero-order valence-electron chi connectivity index (χ0n) is 16.1. The van der Waals surface area contributed by atoms with Gasteiger partial charge in [0.1, 0.15) is 0 Å². The largest absolute Gasteiger partial charge is 0.454 e. The topological polar surface area (TPSA) is 99.2 Å². The Kier molecular flexibility index (Phi) is 6.19. The molecule has 0 aromatic heterocycles. The first-order valence-electron chi connectivity index (χ1n) is 9.07. The number of esters is 1. The fourth-order valence-corrected chi connectivity index (χ4v) is 4.30. The summed E-state index contributed by atoms with van der Waals surface area (Å²) >= 11 is 0. The van der Waals surface area contributed by atoms with Gasteiger partial charge < -0.3 is 14.2 Å². The highest BCUT2D eigenvalue weighted by Gasteiger charge is 2.22. The van der Waals surface area contributed by atoms with Crippen molar-refractivity contribution in [3.63, 3.8) is 0 Å². The van der Waals surface area contributed by atoms with Gasteiger partial charge in [0, 0.05) is 18.7 Å². The Balaban J connectivity index is 1.63. The molecule has 0 fully saturated rings. The van der Waals surface area contributed by atoms with E-state index in [-0.39, 0.29) is 17.3 Å². The van der Waals surface area contributed by atoms with Gasteiger partial charge in [0.05, 0.1) is 10.5 Å². The highest BCUT2D eigenvalue weighted by atomic mass is 32.2. The second kappa shape index (κ2) is 8.62. The van der Waals surface area contributed by atoms with Crippen molar-refractivity contribution in [1.82, 2.24) is 4.31 Å². The number of hydrogen-bond acceptors (Lipinski definition) is 7. The highest BCUT2D eigenvalue weighted by Crippen LogP contribution is 2.32. The molecule has 0 saturated carbocycles. The summed E-state index contributed by atoms with van der Waals surface area (Å²) in [6, 6.07) is 10.1. The lowest BCUT2D eigenvalue weighted by atomic mass is 10.1. The third-order valence-corrected chi connectivity index (χ3v) is 6.53. The molecule has 3 rings (SSSR count). The summed E-state index contributed by atoms with van der Waals surface area (Å²) in [5.74, 6) is -0.0891. The summed E-state index contributed by atoms with van der Waals surface area (Å²) in [4.78, 5) is 24.5. The third kappa shape index (κ3) is 4.41. The van der Waals surface area contributed by atoms with Crippen molar-refractivity contribution in [2.24, 2.45) is 0 Å². The summed E-state index contributed by atoms with van der Waals surface area (Å²) in [5.41, 5.74) is 0.490. The first-order chi connectivity index (χ1) is 13.9. The smallest absolute Gasteiger partial charge is 0.338 e. The predicted molar refractivity (Wildman–Crippen MR) is 104 cm³/mol. The number of nitrogens with zero attached hydrogens (tertiary/aromatic N) is 1. The number of rotatable bonds is 8. The van der Waals surface area contributed by atoms with Gasteiger partial charge in [0.15, 0.2) is 23.9 Å². The molecule has 0 N–H and O–H groups in total. The first-order valence-corrected chi connectivity index (χ1v) is 10.5. The molecule has 0 aliphatic carbocycles. The summed E-state index contributed by atoms with van der Waals surface area (Å²) in [5, 5.41) is 0. The molecule has 0 radical (unpaired) electrons. The van der Waals surface area contributed by atoms with Crippen LogP contribution in [-0.2, 0) is 14.8 Å². The SMILES string of the molecule is CCN(CC)S(=O)(=O)c1ccc(C(=O)OCC(=O)c2ccc3c(c2)OCO3)cc1. The van der Waals surface area contributed by atoms with Gasteiger partial charge >= 0.3 is 5.97 Å². The van der Waals surface area contributed by atoms with Crippen LogP contribution in [0.3, 0.4) is 0 Å². The maximum atomic E-state index is 12.5. The van der Waals surface area contributed by atoms with Gasteiger partial charge in [0.25, 0.3) is 0 Å². The first kappa shape index (κ1) is 20.8. The molecule has 2 aromatic carbocycles. The number of fused-ring (bicyclic) bond motifs is 1. The molecular weight excluding hydrogens is 398 g/mol. The lowest BCUT2D eigenvalue weighted by Gasteiger charge is -2.18. The van der Waals surface area contributed by atoms with Gasteiger partial charge in [-0.05, 0) is 42.5 Å². The number of ketones is 1. The minimum atomic E-state index is -3.61. The van der Waals surface area contributed by atoms with Gasteiger partial charge in [-0.3, -0.25) is 4.79 Å². The number of hydrogen-bond donors (Lipinski definition) is 0. The van der Waals surface area contributed by atoms with Crippen LogP contribution in [0, 0.1) is 0 Å². The third-order valence-electron chi connectivity index (χ3n) is 4.46. The van der Waals surface area contributed by atoms with Crippen molar-refractivity contribution in [2.75, 3.05) is 26.5 Å². The van der Waals surface area contributed by atoms with Crippen molar-refractivity contribution < 1.29 is 32.2 Å². The van der Waals surface area contributed by atoms with E-state index in [1.54, 1.807) is 26.0 Å². The van der Waals surface area contributed by atoms with E-state index in [0.717, 1.165) is 0 Å². The van der Waals surface area contributed by atoms with E-state index in [4.69, 9.17) is 14.2 Å². The number of ether oxygens (including phenoxy) is 3. The Bertz CT molecular complexity index is 1010. The molecule has 0 bridgehead atoms. The van der Waals surface area contributed by atoms with Gasteiger partial charge in [-0.1, -0.05) is 13.8 Å². The number of carbonyl (C=O) groups is 2. The van der Waals surface area contributed by atoms with Crippen LogP contribution in [-0.4, -0.2) is 51.0 Å². The Hall–Kier alpha value is -2.91. The van der Waals surface area contributed by atoms with Crippen LogP contribution in [0.1, 0.15) is 34.6 Å². The fourth-order valence-electron chi connectivity index (χ4n) is 2.84. The van der Waals surface area contributed by atoms with Crippen molar-refractivity contribution in [3.8, 4) is 11.5 Å². The maximum absolute atomic E-state index is 12.5. The normalized spacial score (nSPS) is 12.8. The van der Waals surface area contributed by atoms with E-state index in [0.29, 0.717) is 30.2 Å². The molecule has 0 atom stereocenters. The number of sulfonamides is 1. The lowest BCUT2D eigenvalue weighted by molar-refractivity contribution is 0.0474. The second-order valence-electron chi connectivity index (χ2n) is 6.18. The quantitative estimate of drug-likeness (QED) is 0.479. The van der Waals surface area contributed by atoms with E-state index < -0.39 is 28.4 Å². The molecule has 8 nitrogen and oxygen atoms in total. The summed E-state index contributed by atoms with van der Waals surface area (Å²) in [7, 11) is -3.61. The minimum absolute atomic E-state index is 0.0918. The standard InChI is InChI=1S/C20H21NO7S/c1-3-21(4-2)29(24,25)16-8-5-14(6-9-16)20(23)26-12-17(22)15-7-10-18-19(11-15)28-13-27-18/h5-11H,3-4,12-13H2,1-2H3. The van der Waals surface area contributed by atoms with Crippen LogP contribution < -0.4 is 9.47 Å². The van der Waals surface area contributed by atoms with Crippen molar-refractivity contribution >= 4 is 21.8 Å². The molecule has 29 heavy (non-hydrogen) atoms. The molecule has 0 spiro atoms. The molecule has 2 aromatic rings. The maximum Gasteiger partial charge on any atom is 0.338 e. The Labute approximate surface area is 169 Å². The average Bonchev–Trinajstić information content (AvgIpc) is 3.20. The molecule has 1 aliphatic heterocycles. The lowest BCUT2D eigenvalue weighted by Crippen LogP contribution is -2.30. The van der Waals surface area contributed by atoms with E-state index >= 15 is 0 Å². The van der Waals surface area contributed by atoms with Crippen LogP contribution in [0.2, 0.25) is 0 Å². The zero-order valence-corrected chi connectivity index (χ0v) is 16.9. The summed E-state index contributed by atoms with van der Waals surface area (Å²) in [6.45, 7) is 3.86. The molecule has 1 heterocycles. The van der Waals surface area contributed by atoms with Gasteiger partial charge in [-0.2, -0.15) is 4.31 Å². The van der Waals surface area contributed by atoms with Crippen LogP contribution in [0.5, 0.6) is 11.5 Å². The summed E-state index contributed by atoms with van der Waals surface area (Å²) in [6.07, 6.45) is 0. The van der Waals surface area contributed by atoms with E-state index in [2.05, 4.69) is 0 Å². The number of carbonyl (C=O) groups excluding carboxylic acids is 2. The number of Topliss-reactive ketones (excluding diaryl/α,β-unsaturated/α-hetero) is 1.